The molecule has 2 rings (SSSR count). The van der Waals surface area contributed by atoms with Gasteiger partial charge in [-0.25, -0.2) is 0 Å². The average molecular weight is 312 g/mol. The monoisotopic (exact) mass is 311 g/mol. The lowest BCUT2D eigenvalue weighted by molar-refractivity contribution is 0.515. The van der Waals surface area contributed by atoms with E-state index in [4.69, 9.17) is 11.6 Å². The molecule has 0 radical (unpaired) electrons. The Morgan fingerprint density at radius 1 is 1.25 bits per heavy atom. The van der Waals surface area contributed by atoms with E-state index in [-0.39, 0.29) is 0 Å². The molecule has 0 aromatic heterocycles. The average Bonchev–Trinajstić information content (AvgIpc) is 2.43. The molecule has 1 N–H and O–H groups in total. The first-order valence-electron chi connectivity index (χ1n) is 7.81. The molecule has 3 heteroatoms. The second kappa shape index (κ2) is 8.31. The van der Waals surface area contributed by atoms with Crippen molar-refractivity contribution < 1.29 is 0 Å². The van der Waals surface area contributed by atoms with Crippen LogP contribution in [-0.4, -0.2) is 11.8 Å². The van der Waals surface area contributed by atoms with E-state index >= 15 is 0 Å². The highest BCUT2D eigenvalue weighted by molar-refractivity contribution is 8.00. The molecule has 1 aromatic rings. The Morgan fingerprint density at radius 3 is 2.70 bits per heavy atom. The second-order valence-corrected chi connectivity index (χ2v) is 7.87. The first kappa shape index (κ1) is 16.2. The molecule has 0 heterocycles. The number of nitrogens with one attached hydrogen (secondary N) is 1. The summed E-state index contributed by atoms with van der Waals surface area (Å²) in [6.45, 7) is 6.39. The van der Waals surface area contributed by atoms with Gasteiger partial charge in [0.05, 0.1) is 0 Å². The summed E-state index contributed by atoms with van der Waals surface area (Å²) in [6.07, 6.45) is 6.90. The van der Waals surface area contributed by atoms with Crippen molar-refractivity contribution in [3.63, 3.8) is 0 Å². The lowest BCUT2D eigenvalue weighted by atomic mass is 10.0. The minimum Gasteiger partial charge on any atom is -0.312 e. The van der Waals surface area contributed by atoms with E-state index in [1.807, 2.05) is 17.8 Å². The zero-order valence-electron chi connectivity index (χ0n) is 12.6. The number of hydrogen-bond donors (Lipinski definition) is 1. The fourth-order valence-corrected chi connectivity index (χ4v) is 4.38. The molecule has 1 saturated carbocycles. The topological polar surface area (TPSA) is 12.0 Å². The zero-order valence-corrected chi connectivity index (χ0v) is 14.2. The molecule has 0 bridgehead atoms. The van der Waals surface area contributed by atoms with Crippen LogP contribution in [0.2, 0.25) is 5.02 Å². The van der Waals surface area contributed by atoms with Crippen LogP contribution in [0.3, 0.4) is 0 Å². The molecule has 0 amide bonds. The molecule has 1 nitrogen and oxygen atoms in total. The standard InChI is InChI=1S/C17H26ClNS/c1-13(2)11-19-12-15-16(18)9-6-10-17(15)20-14-7-4-3-5-8-14/h6,9-10,13-14,19H,3-5,7-8,11-12H2,1-2H3. The summed E-state index contributed by atoms with van der Waals surface area (Å²) in [6, 6.07) is 6.33. The third-order valence-electron chi connectivity index (χ3n) is 3.78. The predicted molar refractivity (Wildman–Crippen MR) is 90.7 cm³/mol. The van der Waals surface area contributed by atoms with Crippen LogP contribution >= 0.6 is 23.4 Å². The number of hydrogen-bond acceptors (Lipinski definition) is 2. The molecular formula is C17H26ClNS. The van der Waals surface area contributed by atoms with Crippen LogP contribution in [0.4, 0.5) is 0 Å². The van der Waals surface area contributed by atoms with Gasteiger partial charge in [0.2, 0.25) is 0 Å². The molecule has 1 fully saturated rings. The van der Waals surface area contributed by atoms with E-state index in [9.17, 15) is 0 Å². The quantitative estimate of drug-likeness (QED) is 0.743. The third-order valence-corrected chi connectivity index (χ3v) is 5.57. The Morgan fingerprint density at radius 2 is 2.00 bits per heavy atom. The van der Waals surface area contributed by atoms with Crippen LogP contribution in [0.5, 0.6) is 0 Å². The largest absolute Gasteiger partial charge is 0.312 e. The van der Waals surface area contributed by atoms with Crippen molar-refractivity contribution in [1.82, 2.24) is 5.32 Å². The fraction of sp³-hybridized carbons (Fsp3) is 0.647. The van der Waals surface area contributed by atoms with E-state index in [0.29, 0.717) is 5.92 Å². The SMILES string of the molecule is CC(C)CNCc1c(Cl)cccc1SC1CCCCC1. The first-order valence-corrected chi connectivity index (χ1v) is 9.07. The smallest absolute Gasteiger partial charge is 0.0462 e. The van der Waals surface area contributed by atoms with Gasteiger partial charge in [0.1, 0.15) is 0 Å². The molecule has 1 aliphatic rings. The van der Waals surface area contributed by atoms with Gasteiger partial charge in [0.25, 0.3) is 0 Å². The van der Waals surface area contributed by atoms with Crippen LogP contribution in [0.1, 0.15) is 51.5 Å². The molecule has 0 atom stereocenters. The highest BCUT2D eigenvalue weighted by Crippen LogP contribution is 2.37. The van der Waals surface area contributed by atoms with Crippen LogP contribution in [0, 0.1) is 5.92 Å². The van der Waals surface area contributed by atoms with Crippen molar-refractivity contribution in [2.24, 2.45) is 5.92 Å². The number of rotatable bonds is 6. The molecule has 20 heavy (non-hydrogen) atoms. The molecule has 1 aliphatic carbocycles. The first-order chi connectivity index (χ1) is 9.66. The van der Waals surface area contributed by atoms with Gasteiger partial charge in [-0.3, -0.25) is 0 Å². The Balaban J connectivity index is 2.01. The van der Waals surface area contributed by atoms with Gasteiger partial charge in [-0.1, -0.05) is 50.8 Å². The number of halogens is 1. The number of benzene rings is 1. The molecule has 0 saturated heterocycles. The van der Waals surface area contributed by atoms with Gasteiger partial charge >= 0.3 is 0 Å². The lowest BCUT2D eigenvalue weighted by Gasteiger charge is -2.22. The van der Waals surface area contributed by atoms with E-state index in [0.717, 1.165) is 23.4 Å². The van der Waals surface area contributed by atoms with Gasteiger partial charge < -0.3 is 5.32 Å². The summed E-state index contributed by atoms with van der Waals surface area (Å²) in [7, 11) is 0. The maximum atomic E-state index is 6.41. The highest BCUT2D eigenvalue weighted by atomic mass is 35.5. The van der Waals surface area contributed by atoms with E-state index in [1.54, 1.807) is 0 Å². The summed E-state index contributed by atoms with van der Waals surface area (Å²) >= 11 is 8.45. The van der Waals surface area contributed by atoms with Gasteiger partial charge in [-0.2, -0.15) is 0 Å². The summed E-state index contributed by atoms with van der Waals surface area (Å²) in [4.78, 5) is 1.38. The normalized spacial score (nSPS) is 16.8. The van der Waals surface area contributed by atoms with Crippen LogP contribution in [0.15, 0.2) is 23.1 Å². The van der Waals surface area contributed by atoms with Gasteiger partial charge in [0, 0.05) is 21.7 Å². The second-order valence-electron chi connectivity index (χ2n) is 6.12. The van der Waals surface area contributed by atoms with Crippen LogP contribution < -0.4 is 5.32 Å². The van der Waals surface area contributed by atoms with Crippen LogP contribution in [0.25, 0.3) is 0 Å². The maximum Gasteiger partial charge on any atom is 0.0462 e. The molecule has 0 spiro atoms. The van der Waals surface area contributed by atoms with Gasteiger partial charge in [-0.15, -0.1) is 11.8 Å². The van der Waals surface area contributed by atoms with Crippen molar-refractivity contribution in [1.29, 1.82) is 0 Å². The van der Waals surface area contributed by atoms with Crippen molar-refractivity contribution in [2.75, 3.05) is 6.54 Å². The molecule has 112 valence electrons. The predicted octanol–water partition coefficient (Wildman–Crippen LogP) is 5.51. The lowest BCUT2D eigenvalue weighted by Crippen LogP contribution is -2.20. The fourth-order valence-electron chi connectivity index (χ4n) is 2.67. The Labute approximate surface area is 132 Å². The highest BCUT2D eigenvalue weighted by Gasteiger charge is 2.17. The Bertz CT molecular complexity index is 413. The summed E-state index contributed by atoms with van der Waals surface area (Å²) < 4.78 is 0. The maximum absolute atomic E-state index is 6.41. The van der Waals surface area contributed by atoms with Crippen molar-refractivity contribution in [3.8, 4) is 0 Å². The number of thioether (sulfide) groups is 1. The van der Waals surface area contributed by atoms with E-state index < -0.39 is 0 Å². The van der Waals surface area contributed by atoms with E-state index in [1.165, 1.54) is 42.6 Å². The van der Waals surface area contributed by atoms with Crippen molar-refractivity contribution in [3.05, 3.63) is 28.8 Å². The molecule has 1 aromatic carbocycles. The summed E-state index contributed by atoms with van der Waals surface area (Å²) in [5.41, 5.74) is 1.28. The van der Waals surface area contributed by atoms with E-state index in [2.05, 4.69) is 31.3 Å². The van der Waals surface area contributed by atoms with Crippen molar-refractivity contribution in [2.45, 2.75) is 62.6 Å². The molecular weight excluding hydrogens is 286 g/mol. The van der Waals surface area contributed by atoms with Gasteiger partial charge in [-0.05, 0) is 43.0 Å². The Kier molecular flexibility index (Phi) is 6.73. The summed E-state index contributed by atoms with van der Waals surface area (Å²) in [5, 5.41) is 5.21. The zero-order chi connectivity index (χ0) is 14.4. The summed E-state index contributed by atoms with van der Waals surface area (Å²) in [5.74, 6) is 0.673. The molecule has 0 unspecified atom stereocenters. The molecule has 0 aliphatic heterocycles. The van der Waals surface area contributed by atoms with Crippen LogP contribution in [-0.2, 0) is 6.54 Å². The van der Waals surface area contributed by atoms with Gasteiger partial charge in [0.15, 0.2) is 0 Å². The minimum absolute atomic E-state index is 0.673. The van der Waals surface area contributed by atoms with Crippen molar-refractivity contribution >= 4 is 23.4 Å². The minimum atomic E-state index is 0.673. The Hall–Kier alpha value is -0.180. The third kappa shape index (κ3) is 4.98.